The fourth-order valence-electron chi connectivity index (χ4n) is 3.01. The third-order valence-electron chi connectivity index (χ3n) is 4.49. The van der Waals surface area contributed by atoms with Crippen LogP contribution in [0.3, 0.4) is 0 Å². The Morgan fingerprint density at radius 2 is 1.93 bits per heavy atom. The van der Waals surface area contributed by atoms with Gasteiger partial charge in [-0.3, -0.25) is 9.59 Å². The number of phenolic OH excluding ortho intramolecular Hbond substituents is 2. The Balaban J connectivity index is 1.96. The molecular weight excluding hydrogens is 364 g/mol. The smallest absolute Gasteiger partial charge is 0.343 e. The van der Waals surface area contributed by atoms with Crippen molar-refractivity contribution >= 4 is 17.5 Å². The van der Waals surface area contributed by atoms with E-state index >= 15 is 0 Å². The van der Waals surface area contributed by atoms with E-state index in [9.17, 15) is 24.6 Å². The average Bonchev–Trinajstić information content (AvgIpc) is 2.59. The highest BCUT2D eigenvalue weighted by Gasteiger charge is 2.49. The van der Waals surface area contributed by atoms with Gasteiger partial charge in [0.1, 0.15) is 29.1 Å². The Bertz CT molecular complexity index is 1000. The molecular formula is C21H18O7. The van der Waals surface area contributed by atoms with Gasteiger partial charge in [0, 0.05) is 6.07 Å². The van der Waals surface area contributed by atoms with Crippen LogP contribution < -0.4 is 0 Å². The number of ether oxygens (including phenoxy) is 2. The van der Waals surface area contributed by atoms with Gasteiger partial charge < -0.3 is 19.7 Å². The minimum atomic E-state index is -2.10. The number of rotatable bonds is 3. The van der Waals surface area contributed by atoms with Gasteiger partial charge in [0.05, 0.1) is 5.57 Å². The molecule has 7 heteroatoms. The highest BCUT2D eigenvalue weighted by molar-refractivity contribution is 6.26. The lowest BCUT2D eigenvalue weighted by atomic mass is 9.80. The van der Waals surface area contributed by atoms with Gasteiger partial charge in [0.25, 0.3) is 0 Å². The van der Waals surface area contributed by atoms with Gasteiger partial charge in [-0.25, -0.2) is 4.79 Å². The molecule has 2 N–H and O–H groups in total. The summed E-state index contributed by atoms with van der Waals surface area (Å²) in [6.45, 7) is 4.47. The van der Waals surface area contributed by atoms with Crippen LogP contribution in [0.2, 0.25) is 0 Å². The molecule has 7 nitrogen and oxygen atoms in total. The summed E-state index contributed by atoms with van der Waals surface area (Å²) in [5.41, 5.74) is -1.63. The summed E-state index contributed by atoms with van der Waals surface area (Å²) in [4.78, 5) is 38.2. The predicted octanol–water partition coefficient (Wildman–Crippen LogP) is 2.77. The standard InChI is InChI=1S/C21H18O7/c1-4-5-14-7-12-8-17(24)21(3,19(25)15(12)10-27-14)28-20(26)18-11(2)6-13(22)9-16(18)23/h4-10,22-23H,1-3H3/b5-4+/t21-/m1/s1. The molecule has 1 aromatic carbocycles. The second-order valence-corrected chi connectivity index (χ2v) is 6.57. The van der Waals surface area contributed by atoms with Gasteiger partial charge >= 0.3 is 5.97 Å². The van der Waals surface area contributed by atoms with Gasteiger partial charge in [-0.2, -0.15) is 0 Å². The maximum atomic E-state index is 12.9. The molecule has 1 aliphatic carbocycles. The minimum absolute atomic E-state index is 0.106. The Labute approximate surface area is 160 Å². The SMILES string of the molecule is C/C=C/C1=CC2=CC(=O)[C@@](C)(OC(=O)c3c(C)cc(O)cc3O)C(=O)C2=CO1. The van der Waals surface area contributed by atoms with E-state index in [1.165, 1.54) is 32.3 Å². The normalized spacial score (nSPS) is 21.5. The quantitative estimate of drug-likeness (QED) is 0.611. The fourth-order valence-corrected chi connectivity index (χ4v) is 3.01. The number of esters is 1. The number of allylic oxidation sites excluding steroid dienone is 4. The third-order valence-corrected chi connectivity index (χ3v) is 4.49. The first kappa shape index (κ1) is 19.2. The molecule has 1 aliphatic heterocycles. The van der Waals surface area contributed by atoms with Gasteiger partial charge in [0.2, 0.25) is 17.2 Å². The first-order chi connectivity index (χ1) is 13.2. The molecule has 0 saturated carbocycles. The minimum Gasteiger partial charge on any atom is -0.508 e. The van der Waals surface area contributed by atoms with E-state index in [1.54, 1.807) is 25.2 Å². The number of fused-ring (bicyclic) bond motifs is 1. The van der Waals surface area contributed by atoms with Crippen molar-refractivity contribution in [3.8, 4) is 11.5 Å². The van der Waals surface area contributed by atoms with Crippen molar-refractivity contribution in [2.24, 2.45) is 0 Å². The molecule has 0 fully saturated rings. The van der Waals surface area contributed by atoms with Gasteiger partial charge in [-0.1, -0.05) is 6.08 Å². The number of aryl methyl sites for hydroxylation is 1. The number of ketones is 2. The lowest BCUT2D eigenvalue weighted by Crippen LogP contribution is -2.50. The average molecular weight is 382 g/mol. The zero-order valence-corrected chi connectivity index (χ0v) is 15.5. The van der Waals surface area contributed by atoms with Crippen LogP contribution in [0, 0.1) is 6.92 Å². The molecule has 144 valence electrons. The predicted molar refractivity (Wildman–Crippen MR) is 98.5 cm³/mol. The lowest BCUT2D eigenvalue weighted by Gasteiger charge is -2.31. The number of Topliss-reactive ketones (excluding diaryl/α,β-unsaturated/α-hetero) is 1. The van der Waals surface area contributed by atoms with Crippen LogP contribution in [-0.4, -0.2) is 33.3 Å². The summed E-state index contributed by atoms with van der Waals surface area (Å²) >= 11 is 0. The monoisotopic (exact) mass is 382 g/mol. The molecule has 0 aromatic heterocycles. The first-order valence-corrected chi connectivity index (χ1v) is 8.46. The topological polar surface area (TPSA) is 110 Å². The number of aromatic hydroxyl groups is 2. The summed E-state index contributed by atoms with van der Waals surface area (Å²) in [5.74, 6) is -2.77. The molecule has 1 atom stereocenters. The number of hydrogen-bond acceptors (Lipinski definition) is 7. The highest BCUT2D eigenvalue weighted by atomic mass is 16.6. The Hall–Kier alpha value is -3.61. The highest BCUT2D eigenvalue weighted by Crippen LogP contribution is 2.35. The van der Waals surface area contributed by atoms with Crippen LogP contribution in [0.5, 0.6) is 11.5 Å². The Morgan fingerprint density at radius 3 is 2.57 bits per heavy atom. The molecule has 0 amide bonds. The van der Waals surface area contributed by atoms with Crippen molar-refractivity contribution in [1.29, 1.82) is 0 Å². The zero-order valence-electron chi connectivity index (χ0n) is 15.5. The largest absolute Gasteiger partial charge is 0.508 e. The van der Waals surface area contributed by atoms with Crippen molar-refractivity contribution in [3.05, 3.63) is 70.7 Å². The first-order valence-electron chi connectivity index (χ1n) is 8.46. The molecule has 1 heterocycles. The van der Waals surface area contributed by atoms with E-state index in [4.69, 9.17) is 9.47 Å². The van der Waals surface area contributed by atoms with Crippen LogP contribution in [0.15, 0.2) is 59.6 Å². The van der Waals surface area contributed by atoms with Gasteiger partial charge in [-0.05, 0) is 56.2 Å². The van der Waals surface area contributed by atoms with Crippen LogP contribution in [0.25, 0.3) is 0 Å². The second kappa shape index (κ2) is 6.84. The van der Waals surface area contributed by atoms with Crippen LogP contribution in [0.1, 0.15) is 29.8 Å². The fraction of sp³-hybridized carbons (Fsp3) is 0.190. The maximum absolute atomic E-state index is 12.9. The van der Waals surface area contributed by atoms with E-state index in [2.05, 4.69) is 0 Å². The van der Waals surface area contributed by atoms with Crippen LogP contribution in [0.4, 0.5) is 0 Å². The van der Waals surface area contributed by atoms with Gasteiger partial charge in [0.15, 0.2) is 0 Å². The van der Waals surface area contributed by atoms with E-state index in [-0.39, 0.29) is 22.4 Å². The van der Waals surface area contributed by atoms with Crippen molar-refractivity contribution in [2.75, 3.05) is 0 Å². The zero-order chi connectivity index (χ0) is 20.6. The molecule has 0 spiro atoms. The summed E-state index contributed by atoms with van der Waals surface area (Å²) in [6.07, 6.45) is 7.40. The number of carbonyl (C=O) groups is 3. The lowest BCUT2D eigenvalue weighted by molar-refractivity contribution is -0.145. The molecule has 0 bridgehead atoms. The van der Waals surface area contributed by atoms with E-state index in [0.717, 1.165) is 6.07 Å². The Kier molecular flexibility index (Phi) is 4.68. The van der Waals surface area contributed by atoms with E-state index in [1.807, 2.05) is 0 Å². The third kappa shape index (κ3) is 3.11. The summed E-state index contributed by atoms with van der Waals surface area (Å²) in [6, 6.07) is 2.23. The summed E-state index contributed by atoms with van der Waals surface area (Å²) in [5, 5.41) is 19.5. The Morgan fingerprint density at radius 1 is 1.21 bits per heavy atom. The van der Waals surface area contributed by atoms with E-state index in [0.29, 0.717) is 11.3 Å². The van der Waals surface area contributed by atoms with Crippen LogP contribution in [-0.2, 0) is 19.1 Å². The molecule has 0 unspecified atom stereocenters. The van der Waals surface area contributed by atoms with Crippen molar-refractivity contribution in [3.63, 3.8) is 0 Å². The van der Waals surface area contributed by atoms with Crippen molar-refractivity contribution in [2.45, 2.75) is 26.4 Å². The van der Waals surface area contributed by atoms with E-state index < -0.39 is 28.9 Å². The van der Waals surface area contributed by atoms with Crippen molar-refractivity contribution in [1.82, 2.24) is 0 Å². The molecule has 3 rings (SSSR count). The van der Waals surface area contributed by atoms with Crippen LogP contribution >= 0.6 is 0 Å². The molecule has 2 aliphatic rings. The molecule has 0 radical (unpaired) electrons. The number of phenols is 2. The summed E-state index contributed by atoms with van der Waals surface area (Å²) in [7, 11) is 0. The molecule has 0 saturated heterocycles. The second-order valence-electron chi connectivity index (χ2n) is 6.57. The molecule has 28 heavy (non-hydrogen) atoms. The molecule has 1 aromatic rings. The number of hydrogen-bond donors (Lipinski definition) is 2. The van der Waals surface area contributed by atoms with Gasteiger partial charge in [-0.15, -0.1) is 0 Å². The summed E-state index contributed by atoms with van der Waals surface area (Å²) < 4.78 is 10.6. The number of carbonyl (C=O) groups excluding carboxylic acids is 3. The number of benzene rings is 1. The van der Waals surface area contributed by atoms with Crippen molar-refractivity contribution < 1.29 is 34.1 Å². The maximum Gasteiger partial charge on any atom is 0.343 e.